The molecule has 2 unspecified atom stereocenters. The fourth-order valence-corrected chi connectivity index (χ4v) is 3.08. The van der Waals surface area contributed by atoms with E-state index in [0.29, 0.717) is 24.6 Å². The number of ether oxygens (including phenoxy) is 4. The summed E-state index contributed by atoms with van der Waals surface area (Å²) in [5, 5.41) is 0. The van der Waals surface area contributed by atoms with Gasteiger partial charge in [0, 0.05) is 19.6 Å². The maximum Gasteiger partial charge on any atom is 0.203 e. The van der Waals surface area contributed by atoms with Gasteiger partial charge in [-0.1, -0.05) is 0 Å². The van der Waals surface area contributed by atoms with Crippen molar-refractivity contribution >= 4 is 0 Å². The third-order valence-corrected chi connectivity index (χ3v) is 3.97. The van der Waals surface area contributed by atoms with Crippen LogP contribution in [0.2, 0.25) is 0 Å². The fraction of sp³-hybridized carbons (Fsp3) is 0.667. The lowest BCUT2D eigenvalue weighted by molar-refractivity contribution is -0.0686. The lowest BCUT2D eigenvalue weighted by Crippen LogP contribution is -2.45. The maximum absolute atomic E-state index is 5.94. The van der Waals surface area contributed by atoms with Gasteiger partial charge >= 0.3 is 0 Å². The van der Waals surface area contributed by atoms with Crippen molar-refractivity contribution in [2.75, 3.05) is 40.5 Å². The first-order valence-electron chi connectivity index (χ1n) is 8.26. The molecule has 1 aliphatic heterocycles. The zero-order valence-electron chi connectivity index (χ0n) is 14.9. The van der Waals surface area contributed by atoms with E-state index < -0.39 is 0 Å². The molecule has 0 bridgehead atoms. The Morgan fingerprint density at radius 3 is 2.17 bits per heavy atom. The number of nitrogens with zero attached hydrogens (tertiary/aromatic N) is 1. The van der Waals surface area contributed by atoms with Crippen LogP contribution in [0.25, 0.3) is 0 Å². The van der Waals surface area contributed by atoms with E-state index in [0.717, 1.165) is 43.1 Å². The summed E-state index contributed by atoms with van der Waals surface area (Å²) in [4.78, 5) is 2.44. The average Bonchev–Trinajstić information content (AvgIpc) is 2.50. The molecule has 23 heavy (non-hydrogen) atoms. The van der Waals surface area contributed by atoms with Crippen LogP contribution >= 0.6 is 0 Å². The monoisotopic (exact) mass is 323 g/mol. The smallest absolute Gasteiger partial charge is 0.203 e. The van der Waals surface area contributed by atoms with Gasteiger partial charge in [-0.15, -0.1) is 0 Å². The van der Waals surface area contributed by atoms with Crippen LogP contribution in [0, 0.1) is 6.92 Å². The second-order valence-electron chi connectivity index (χ2n) is 6.22. The number of rotatable bonds is 7. The Morgan fingerprint density at radius 1 is 1.09 bits per heavy atom. The predicted molar refractivity (Wildman–Crippen MR) is 90.8 cm³/mol. The lowest BCUT2D eigenvalue weighted by Gasteiger charge is -2.35. The number of hydrogen-bond acceptors (Lipinski definition) is 5. The van der Waals surface area contributed by atoms with Crippen LogP contribution in [0.1, 0.15) is 25.8 Å². The summed E-state index contributed by atoms with van der Waals surface area (Å²) in [6, 6.07) is 3.92. The Morgan fingerprint density at radius 2 is 1.65 bits per heavy atom. The maximum atomic E-state index is 5.94. The van der Waals surface area contributed by atoms with Gasteiger partial charge in [-0.2, -0.15) is 0 Å². The number of methoxy groups -OCH3 is 2. The molecule has 130 valence electrons. The molecular weight excluding hydrogens is 294 g/mol. The summed E-state index contributed by atoms with van der Waals surface area (Å²) in [6.45, 7) is 9.88. The molecule has 1 aliphatic rings. The SMILES string of the molecule is COc1cc(C)cc(OC)c1OCCCN1CC(C)OC(C)C1. The summed E-state index contributed by atoms with van der Waals surface area (Å²) in [5.41, 5.74) is 1.09. The van der Waals surface area contributed by atoms with E-state index >= 15 is 0 Å². The largest absolute Gasteiger partial charge is 0.493 e. The zero-order valence-corrected chi connectivity index (χ0v) is 14.9. The molecular formula is C18H29NO4. The van der Waals surface area contributed by atoms with Crippen LogP contribution in [0.5, 0.6) is 17.2 Å². The van der Waals surface area contributed by atoms with E-state index in [1.807, 2.05) is 19.1 Å². The highest BCUT2D eigenvalue weighted by atomic mass is 16.5. The van der Waals surface area contributed by atoms with Crippen molar-refractivity contribution in [3.8, 4) is 17.2 Å². The van der Waals surface area contributed by atoms with Gasteiger partial charge in [0.2, 0.25) is 5.75 Å². The first-order valence-corrected chi connectivity index (χ1v) is 8.26. The Hall–Kier alpha value is -1.46. The molecule has 1 saturated heterocycles. The van der Waals surface area contributed by atoms with Gasteiger partial charge in [-0.05, 0) is 44.9 Å². The summed E-state index contributed by atoms with van der Waals surface area (Å²) in [7, 11) is 3.30. The summed E-state index contributed by atoms with van der Waals surface area (Å²) in [5.74, 6) is 2.12. The third kappa shape index (κ3) is 5.01. The minimum absolute atomic E-state index is 0.303. The van der Waals surface area contributed by atoms with Crippen LogP contribution in [0.4, 0.5) is 0 Å². The Kier molecular flexibility index (Phi) is 6.54. The summed E-state index contributed by atoms with van der Waals surface area (Å²) in [6.07, 6.45) is 1.56. The number of aryl methyl sites for hydroxylation is 1. The molecule has 0 aromatic heterocycles. The molecule has 1 aromatic carbocycles. The van der Waals surface area contributed by atoms with Crippen molar-refractivity contribution in [1.82, 2.24) is 4.90 Å². The van der Waals surface area contributed by atoms with Crippen molar-refractivity contribution < 1.29 is 18.9 Å². The van der Waals surface area contributed by atoms with Gasteiger partial charge in [0.15, 0.2) is 11.5 Å². The van der Waals surface area contributed by atoms with Crippen molar-refractivity contribution in [1.29, 1.82) is 0 Å². The number of morpholine rings is 1. The summed E-state index contributed by atoms with van der Waals surface area (Å²) >= 11 is 0. The van der Waals surface area contributed by atoms with Gasteiger partial charge in [0.1, 0.15) is 0 Å². The van der Waals surface area contributed by atoms with Gasteiger partial charge < -0.3 is 18.9 Å². The molecule has 0 N–H and O–H groups in total. The molecule has 0 radical (unpaired) electrons. The Labute approximate surface area is 139 Å². The Bertz CT molecular complexity index is 471. The molecule has 0 aliphatic carbocycles. The minimum Gasteiger partial charge on any atom is -0.493 e. The molecule has 5 heteroatoms. The lowest BCUT2D eigenvalue weighted by atomic mass is 10.2. The van der Waals surface area contributed by atoms with Gasteiger partial charge in [0.25, 0.3) is 0 Å². The highest BCUT2D eigenvalue weighted by Crippen LogP contribution is 2.38. The van der Waals surface area contributed by atoms with Crippen LogP contribution in [0.15, 0.2) is 12.1 Å². The van der Waals surface area contributed by atoms with E-state index in [-0.39, 0.29) is 0 Å². The van der Waals surface area contributed by atoms with Crippen LogP contribution in [0.3, 0.4) is 0 Å². The van der Waals surface area contributed by atoms with E-state index in [1.165, 1.54) is 0 Å². The highest BCUT2D eigenvalue weighted by Gasteiger charge is 2.21. The zero-order chi connectivity index (χ0) is 16.8. The first-order chi connectivity index (χ1) is 11.0. The topological polar surface area (TPSA) is 40.2 Å². The third-order valence-electron chi connectivity index (χ3n) is 3.97. The average molecular weight is 323 g/mol. The molecule has 5 nitrogen and oxygen atoms in total. The normalized spacial score (nSPS) is 22.0. The van der Waals surface area contributed by atoms with Gasteiger partial charge in [-0.25, -0.2) is 0 Å². The minimum atomic E-state index is 0.303. The van der Waals surface area contributed by atoms with Crippen LogP contribution in [-0.2, 0) is 4.74 Å². The molecule has 1 fully saturated rings. The van der Waals surface area contributed by atoms with E-state index in [4.69, 9.17) is 18.9 Å². The van der Waals surface area contributed by atoms with E-state index in [1.54, 1.807) is 14.2 Å². The molecule has 2 atom stereocenters. The summed E-state index contributed by atoms with van der Waals surface area (Å²) < 4.78 is 22.5. The first kappa shape index (κ1) is 17.9. The van der Waals surface area contributed by atoms with Gasteiger partial charge in [0.05, 0.1) is 33.0 Å². The number of benzene rings is 1. The Balaban J connectivity index is 1.86. The van der Waals surface area contributed by atoms with Crippen molar-refractivity contribution in [2.45, 2.75) is 39.4 Å². The van der Waals surface area contributed by atoms with Crippen molar-refractivity contribution in [2.24, 2.45) is 0 Å². The molecule has 0 saturated carbocycles. The van der Waals surface area contributed by atoms with Crippen molar-refractivity contribution in [3.63, 3.8) is 0 Å². The highest BCUT2D eigenvalue weighted by molar-refractivity contribution is 5.53. The van der Waals surface area contributed by atoms with Gasteiger partial charge in [-0.3, -0.25) is 4.90 Å². The van der Waals surface area contributed by atoms with Crippen LogP contribution in [-0.4, -0.2) is 57.6 Å². The standard InChI is InChI=1S/C18H29NO4/c1-13-9-16(20-4)18(17(10-13)21-5)22-8-6-7-19-11-14(2)23-15(3)12-19/h9-10,14-15H,6-8,11-12H2,1-5H3. The second kappa shape index (κ2) is 8.41. The predicted octanol–water partition coefficient (Wildman–Crippen LogP) is 2.89. The molecule has 0 spiro atoms. The molecule has 2 rings (SSSR count). The number of hydrogen-bond donors (Lipinski definition) is 0. The quantitative estimate of drug-likeness (QED) is 0.722. The fourth-order valence-electron chi connectivity index (χ4n) is 3.08. The molecule has 0 amide bonds. The van der Waals surface area contributed by atoms with Crippen molar-refractivity contribution in [3.05, 3.63) is 17.7 Å². The molecule has 1 heterocycles. The molecule has 1 aromatic rings. The van der Waals surface area contributed by atoms with E-state index in [9.17, 15) is 0 Å². The van der Waals surface area contributed by atoms with Crippen LogP contribution < -0.4 is 14.2 Å². The second-order valence-corrected chi connectivity index (χ2v) is 6.22. The van der Waals surface area contributed by atoms with E-state index in [2.05, 4.69) is 18.7 Å².